The van der Waals surface area contributed by atoms with Crippen LogP contribution < -0.4 is 9.64 Å². The quantitative estimate of drug-likeness (QED) is 0.219. The van der Waals surface area contributed by atoms with Gasteiger partial charge in [0.1, 0.15) is 23.0 Å². The number of hydrogen-bond donors (Lipinski definition) is 2. The van der Waals surface area contributed by atoms with E-state index in [-0.39, 0.29) is 23.8 Å². The van der Waals surface area contributed by atoms with Crippen molar-refractivity contribution in [3.8, 4) is 28.1 Å². The third-order valence-electron chi connectivity index (χ3n) is 9.24. The van der Waals surface area contributed by atoms with Gasteiger partial charge in [0.25, 0.3) is 0 Å². The normalized spacial score (nSPS) is 16.0. The molecule has 7 rings (SSSR count). The Morgan fingerprint density at radius 3 is 2.31 bits per heavy atom. The average molecular weight is 704 g/mol. The molecule has 5 heterocycles. The second-order valence-electron chi connectivity index (χ2n) is 15.0. The first-order chi connectivity index (χ1) is 24.1. The summed E-state index contributed by atoms with van der Waals surface area (Å²) in [6, 6.07) is 12.7. The van der Waals surface area contributed by atoms with Crippen molar-refractivity contribution in [2.24, 2.45) is 0 Å². The summed E-state index contributed by atoms with van der Waals surface area (Å²) in [6.07, 6.45) is 6.48. The predicted molar refractivity (Wildman–Crippen MR) is 205 cm³/mol. The summed E-state index contributed by atoms with van der Waals surface area (Å²) >= 11 is 0. The highest BCUT2D eigenvalue weighted by atomic mass is 19.1. The Morgan fingerprint density at radius 2 is 1.67 bits per heavy atom. The fourth-order valence-corrected chi connectivity index (χ4v) is 6.83. The van der Waals surface area contributed by atoms with Gasteiger partial charge in [0.2, 0.25) is 0 Å². The van der Waals surface area contributed by atoms with Crippen LogP contribution in [0.25, 0.3) is 28.0 Å². The molecule has 278 valence electrons. The number of anilines is 1. The molecular formula is C42H58FN3O5. The van der Waals surface area contributed by atoms with Crippen molar-refractivity contribution < 1.29 is 28.9 Å². The molecule has 9 heteroatoms. The number of fused-ring (bicyclic) bond motifs is 8. The lowest BCUT2D eigenvalue weighted by atomic mass is 9.91. The number of aliphatic carboxylic acids is 1. The van der Waals surface area contributed by atoms with Crippen molar-refractivity contribution in [2.75, 3.05) is 31.2 Å². The minimum atomic E-state index is -0.851. The molecule has 0 aliphatic carbocycles. The number of carboxylic acids is 1. The lowest BCUT2D eigenvalue weighted by Crippen LogP contribution is -2.45. The van der Waals surface area contributed by atoms with Crippen LogP contribution in [0.3, 0.4) is 0 Å². The summed E-state index contributed by atoms with van der Waals surface area (Å²) in [6.45, 7) is 20.5. The first-order valence-corrected chi connectivity index (χ1v) is 18.5. The van der Waals surface area contributed by atoms with E-state index in [1.807, 2.05) is 51.2 Å². The maximum atomic E-state index is 14.5. The van der Waals surface area contributed by atoms with Gasteiger partial charge in [-0.3, -0.25) is 9.20 Å². The number of rotatable bonds is 3. The zero-order chi connectivity index (χ0) is 37.5. The third kappa shape index (κ3) is 10.1. The van der Waals surface area contributed by atoms with E-state index in [0.29, 0.717) is 24.5 Å². The standard InChI is InChI=1S/C36H42FN3O4.C4H10O.C2H6/c1-23(2)33-24(3)28(21-32(41)42)35-39-15-13-36(4,14-16-39)44-18-7-5-6-17-43-31-12-11-27(37)20-29(31)25-9-8-10-26(19-25)30-22-40(35)34(33)38-30;1-4(2,3)5;1-2/h8-12,19-20,22-23H,5-7,13-18,21H2,1-4H3,(H,41,42);5H,1-3H3;1-2H3. The summed E-state index contributed by atoms with van der Waals surface area (Å²) in [7, 11) is 0. The molecule has 0 unspecified atom stereocenters. The molecule has 0 saturated carbocycles. The molecule has 0 atom stereocenters. The van der Waals surface area contributed by atoms with Crippen LogP contribution in [0, 0.1) is 12.7 Å². The summed E-state index contributed by atoms with van der Waals surface area (Å²) in [5.74, 6) is 0.523. The highest BCUT2D eigenvalue weighted by Gasteiger charge is 2.34. The van der Waals surface area contributed by atoms with Crippen molar-refractivity contribution in [1.29, 1.82) is 0 Å². The number of hydrogen-bond acceptors (Lipinski definition) is 6. The average Bonchev–Trinajstić information content (AvgIpc) is 3.50. The van der Waals surface area contributed by atoms with Gasteiger partial charge in [-0.1, -0.05) is 45.9 Å². The van der Waals surface area contributed by atoms with Gasteiger partial charge in [-0.25, -0.2) is 9.37 Å². The van der Waals surface area contributed by atoms with Crippen molar-refractivity contribution in [2.45, 2.75) is 118 Å². The number of imidazole rings is 1. The van der Waals surface area contributed by atoms with Gasteiger partial charge in [-0.05, 0) is 108 Å². The Morgan fingerprint density at radius 1 is 1.02 bits per heavy atom. The van der Waals surface area contributed by atoms with Crippen molar-refractivity contribution in [3.63, 3.8) is 0 Å². The molecule has 3 aliphatic rings. The van der Waals surface area contributed by atoms with E-state index in [1.165, 1.54) is 12.1 Å². The van der Waals surface area contributed by atoms with Crippen molar-refractivity contribution in [3.05, 3.63) is 71.2 Å². The van der Waals surface area contributed by atoms with Crippen molar-refractivity contribution in [1.82, 2.24) is 9.38 Å². The van der Waals surface area contributed by atoms with Crippen LogP contribution in [0.1, 0.15) is 110 Å². The summed E-state index contributed by atoms with van der Waals surface area (Å²) in [4.78, 5) is 19.7. The number of piperidine rings is 1. The molecule has 0 amide bonds. The van der Waals surface area contributed by atoms with E-state index in [2.05, 4.69) is 30.1 Å². The van der Waals surface area contributed by atoms with E-state index in [4.69, 9.17) is 19.6 Å². The molecule has 6 bridgehead atoms. The number of aliphatic hydroxyl groups is 1. The zero-order valence-electron chi connectivity index (χ0n) is 32.1. The van der Waals surface area contributed by atoms with Crippen LogP contribution in [-0.2, 0) is 16.0 Å². The molecule has 3 aliphatic heterocycles. The third-order valence-corrected chi connectivity index (χ3v) is 9.24. The summed E-state index contributed by atoms with van der Waals surface area (Å²) in [5.41, 5.74) is 6.21. The minimum Gasteiger partial charge on any atom is -0.493 e. The monoisotopic (exact) mass is 703 g/mol. The first-order valence-electron chi connectivity index (χ1n) is 18.5. The maximum Gasteiger partial charge on any atom is 0.307 e. The second kappa shape index (κ2) is 17.0. The number of ether oxygens (including phenoxy) is 2. The van der Waals surface area contributed by atoms with Crippen LogP contribution in [0.5, 0.6) is 5.75 Å². The molecule has 8 nitrogen and oxygen atoms in total. The van der Waals surface area contributed by atoms with Crippen LogP contribution in [0.4, 0.5) is 10.2 Å². The fourth-order valence-electron chi connectivity index (χ4n) is 6.83. The Balaban J connectivity index is 0.000000768. The minimum absolute atomic E-state index is 0.0631. The van der Waals surface area contributed by atoms with E-state index in [9.17, 15) is 14.3 Å². The van der Waals surface area contributed by atoms with Gasteiger partial charge in [-0.15, -0.1) is 0 Å². The number of carboxylic acid groups (broad SMARTS) is 1. The van der Waals surface area contributed by atoms with Crippen LogP contribution in [-0.4, -0.2) is 63.1 Å². The SMILES string of the molecule is CC.CC(C)(C)O.Cc1c(CC(=O)O)c2n3cc(nc3c1C(C)C)-c1cccc(c1)-c1cc(F)ccc1OCCCCCOC1(C)CCN2CC1. The van der Waals surface area contributed by atoms with Crippen LogP contribution in [0.2, 0.25) is 0 Å². The number of benzene rings is 2. The highest BCUT2D eigenvalue weighted by Crippen LogP contribution is 2.39. The van der Waals surface area contributed by atoms with Gasteiger partial charge in [0, 0.05) is 48.1 Å². The van der Waals surface area contributed by atoms with Gasteiger partial charge < -0.3 is 24.6 Å². The number of pyridine rings is 1. The number of carbonyl (C=O) groups is 1. The molecule has 2 aromatic heterocycles. The Kier molecular flexibility index (Phi) is 13.3. The van der Waals surface area contributed by atoms with E-state index < -0.39 is 11.6 Å². The summed E-state index contributed by atoms with van der Waals surface area (Å²) < 4.78 is 29.2. The van der Waals surface area contributed by atoms with Gasteiger partial charge >= 0.3 is 5.97 Å². The lowest BCUT2D eigenvalue weighted by Gasteiger charge is -2.41. The first kappa shape index (κ1) is 39.8. The van der Waals surface area contributed by atoms with Crippen LogP contribution in [0.15, 0.2) is 48.7 Å². The molecule has 4 aromatic rings. The van der Waals surface area contributed by atoms with Crippen molar-refractivity contribution >= 4 is 17.4 Å². The van der Waals surface area contributed by atoms with Gasteiger partial charge in [0.15, 0.2) is 0 Å². The van der Waals surface area contributed by atoms with Gasteiger partial charge in [0.05, 0.1) is 29.9 Å². The molecule has 51 heavy (non-hydrogen) atoms. The van der Waals surface area contributed by atoms with E-state index in [1.54, 1.807) is 26.8 Å². The molecule has 1 fully saturated rings. The predicted octanol–water partition coefficient (Wildman–Crippen LogP) is 9.61. The Labute approximate surface area is 303 Å². The largest absolute Gasteiger partial charge is 0.493 e. The summed E-state index contributed by atoms with van der Waals surface area (Å²) in [5, 5.41) is 18.5. The fraction of sp³-hybridized carbons (Fsp3) is 0.524. The second-order valence-corrected chi connectivity index (χ2v) is 15.0. The topological polar surface area (TPSA) is 96.5 Å². The van der Waals surface area contributed by atoms with E-state index >= 15 is 0 Å². The Bertz CT molecular complexity index is 1780. The molecule has 0 spiro atoms. The molecule has 2 N–H and O–H groups in total. The van der Waals surface area contributed by atoms with E-state index in [0.717, 1.165) is 90.2 Å². The molecule has 2 aromatic carbocycles. The number of aromatic nitrogens is 2. The highest BCUT2D eigenvalue weighted by molar-refractivity contribution is 5.80. The zero-order valence-corrected chi connectivity index (χ0v) is 32.1. The smallest absolute Gasteiger partial charge is 0.307 e. The number of halogens is 1. The molecular weight excluding hydrogens is 645 g/mol. The van der Waals surface area contributed by atoms with Crippen LogP contribution >= 0.6 is 0 Å². The Hall–Kier alpha value is -3.95. The lowest BCUT2D eigenvalue weighted by molar-refractivity contribution is -0.136. The maximum absolute atomic E-state index is 14.5. The van der Waals surface area contributed by atoms with Gasteiger partial charge in [-0.2, -0.15) is 0 Å². The number of nitrogens with zero attached hydrogens (tertiary/aromatic N) is 3. The molecule has 0 radical (unpaired) electrons. The molecule has 1 saturated heterocycles.